The zero-order chi connectivity index (χ0) is 20.9. The highest BCUT2D eigenvalue weighted by molar-refractivity contribution is 5.89. The largest absolute Gasteiger partial charge is 0.461 e. The molecule has 4 bridgehead atoms. The van der Waals surface area contributed by atoms with Gasteiger partial charge in [-0.2, -0.15) is 0 Å². The lowest BCUT2D eigenvalue weighted by Gasteiger charge is -2.57. The Bertz CT molecular complexity index is 933. The van der Waals surface area contributed by atoms with Crippen molar-refractivity contribution in [2.45, 2.75) is 58.3 Å². The van der Waals surface area contributed by atoms with Crippen LogP contribution in [0.15, 0.2) is 18.2 Å². The Balaban J connectivity index is 1.42. The van der Waals surface area contributed by atoms with E-state index in [1.54, 1.807) is 6.92 Å². The summed E-state index contributed by atoms with van der Waals surface area (Å²) in [5, 5.41) is 0. The van der Waals surface area contributed by atoms with E-state index in [0.717, 1.165) is 30.2 Å². The fourth-order valence-electron chi connectivity index (χ4n) is 6.75. The molecule has 4 nitrogen and oxygen atoms in total. The highest BCUT2D eigenvalue weighted by atomic mass is 19.1. The van der Waals surface area contributed by atoms with Crippen LogP contribution in [-0.4, -0.2) is 22.5 Å². The molecule has 4 aliphatic carbocycles. The van der Waals surface area contributed by atoms with Crippen molar-refractivity contribution in [1.29, 1.82) is 0 Å². The number of carbonyl (C=O) groups is 1. The molecule has 0 saturated heterocycles. The number of rotatable bonds is 6. The standard InChI is InChI=1S/C24H28F2N2O2/c1-2-30-23(29)21-20(27-22(28-21)18-4-3-17(25)10-19(18)26)5-6-24-11-14-7-15(12-24)9-16(8-14)13-24/h3-4,10,14-16H,2,5-9,11-13H2,1H3,(H,27,28). The Morgan fingerprint density at radius 2 is 1.83 bits per heavy atom. The Labute approximate surface area is 175 Å². The van der Waals surface area contributed by atoms with Gasteiger partial charge in [0, 0.05) is 11.8 Å². The van der Waals surface area contributed by atoms with Crippen molar-refractivity contribution < 1.29 is 18.3 Å². The zero-order valence-electron chi connectivity index (χ0n) is 17.3. The molecule has 6 heteroatoms. The summed E-state index contributed by atoms with van der Waals surface area (Å²) in [6, 6.07) is 3.37. The van der Waals surface area contributed by atoms with Crippen molar-refractivity contribution in [2.24, 2.45) is 23.2 Å². The molecule has 0 radical (unpaired) electrons. The van der Waals surface area contributed by atoms with Crippen molar-refractivity contribution in [2.75, 3.05) is 6.61 Å². The van der Waals surface area contributed by atoms with Crippen LogP contribution in [-0.2, 0) is 11.2 Å². The second-order valence-electron chi connectivity index (χ2n) is 9.67. The number of carbonyl (C=O) groups excluding carboxylic acids is 1. The molecule has 4 fully saturated rings. The Morgan fingerprint density at radius 3 is 2.43 bits per heavy atom. The monoisotopic (exact) mass is 414 g/mol. The van der Waals surface area contributed by atoms with E-state index < -0.39 is 17.6 Å². The van der Waals surface area contributed by atoms with Crippen LogP contribution in [0.3, 0.4) is 0 Å². The molecule has 30 heavy (non-hydrogen) atoms. The van der Waals surface area contributed by atoms with Crippen LogP contribution in [0, 0.1) is 34.8 Å². The van der Waals surface area contributed by atoms with Crippen molar-refractivity contribution in [1.82, 2.24) is 9.97 Å². The molecule has 1 N–H and O–H groups in total. The molecule has 0 atom stereocenters. The maximum atomic E-state index is 14.3. The minimum atomic E-state index is -0.702. The lowest BCUT2D eigenvalue weighted by molar-refractivity contribution is -0.0571. The number of nitrogens with one attached hydrogen (secondary N) is 1. The third kappa shape index (κ3) is 3.54. The second-order valence-corrected chi connectivity index (χ2v) is 9.67. The van der Waals surface area contributed by atoms with Crippen LogP contribution in [0.25, 0.3) is 11.4 Å². The predicted octanol–water partition coefficient (Wildman–Crippen LogP) is 5.68. The summed E-state index contributed by atoms with van der Waals surface area (Å²) in [4.78, 5) is 20.0. The molecule has 0 unspecified atom stereocenters. The van der Waals surface area contributed by atoms with Gasteiger partial charge < -0.3 is 9.72 Å². The molecular weight excluding hydrogens is 386 g/mol. The van der Waals surface area contributed by atoms with Crippen molar-refractivity contribution in [3.05, 3.63) is 41.2 Å². The second kappa shape index (κ2) is 7.47. The van der Waals surface area contributed by atoms with Crippen molar-refractivity contribution in [3.63, 3.8) is 0 Å². The summed E-state index contributed by atoms with van der Waals surface area (Å²) in [5.74, 6) is 1.01. The number of aromatic amines is 1. The summed E-state index contributed by atoms with van der Waals surface area (Å²) in [6.45, 7) is 2.00. The van der Waals surface area contributed by atoms with Gasteiger partial charge in [-0.15, -0.1) is 0 Å². The number of halogens is 2. The summed E-state index contributed by atoms with van der Waals surface area (Å²) in [5.41, 5.74) is 1.44. The van der Waals surface area contributed by atoms with E-state index in [2.05, 4.69) is 9.97 Å². The maximum Gasteiger partial charge on any atom is 0.358 e. The van der Waals surface area contributed by atoms with Crippen molar-refractivity contribution >= 4 is 5.97 Å². The van der Waals surface area contributed by atoms with Crippen LogP contribution >= 0.6 is 0 Å². The number of imidazole rings is 1. The molecule has 0 amide bonds. The van der Waals surface area contributed by atoms with Gasteiger partial charge in [0.25, 0.3) is 0 Å². The van der Waals surface area contributed by atoms with E-state index in [0.29, 0.717) is 17.5 Å². The van der Waals surface area contributed by atoms with Crippen LogP contribution in [0.2, 0.25) is 0 Å². The highest BCUT2D eigenvalue weighted by Crippen LogP contribution is 2.61. The molecule has 0 spiro atoms. The number of ether oxygens (including phenoxy) is 1. The molecule has 4 saturated carbocycles. The minimum Gasteiger partial charge on any atom is -0.461 e. The van der Waals surface area contributed by atoms with Crippen LogP contribution in [0.4, 0.5) is 8.78 Å². The number of hydrogen-bond acceptors (Lipinski definition) is 3. The van der Waals surface area contributed by atoms with Gasteiger partial charge in [-0.25, -0.2) is 18.6 Å². The van der Waals surface area contributed by atoms with Crippen LogP contribution < -0.4 is 0 Å². The fourth-order valence-corrected chi connectivity index (χ4v) is 6.75. The first-order chi connectivity index (χ1) is 14.4. The van der Waals surface area contributed by atoms with E-state index in [1.165, 1.54) is 50.7 Å². The van der Waals surface area contributed by atoms with Gasteiger partial charge in [0.1, 0.15) is 17.5 Å². The lowest BCUT2D eigenvalue weighted by atomic mass is 9.48. The maximum absolute atomic E-state index is 14.3. The molecule has 160 valence electrons. The normalized spacial score (nSPS) is 29.4. The SMILES string of the molecule is CCOC(=O)c1nc(-c2ccc(F)cc2F)[nH]c1CCC12CC3CC(CC(C3)C1)C2. The molecular formula is C24H28F2N2O2. The molecule has 4 aliphatic rings. The van der Waals surface area contributed by atoms with E-state index >= 15 is 0 Å². The smallest absolute Gasteiger partial charge is 0.358 e. The van der Waals surface area contributed by atoms with E-state index in [-0.39, 0.29) is 23.7 Å². The third-order valence-electron chi connectivity index (χ3n) is 7.50. The molecule has 0 aliphatic heterocycles. The van der Waals surface area contributed by atoms with E-state index in [1.807, 2.05) is 0 Å². The Kier molecular flexibility index (Phi) is 4.91. The Hall–Kier alpha value is -2.24. The predicted molar refractivity (Wildman–Crippen MR) is 109 cm³/mol. The van der Waals surface area contributed by atoms with Crippen LogP contribution in [0.1, 0.15) is 68.1 Å². The minimum absolute atomic E-state index is 0.156. The summed E-state index contributed by atoms with van der Waals surface area (Å²) >= 11 is 0. The summed E-state index contributed by atoms with van der Waals surface area (Å²) in [7, 11) is 0. The van der Waals surface area contributed by atoms with E-state index in [4.69, 9.17) is 4.74 Å². The first kappa shape index (κ1) is 19.7. The molecule has 1 heterocycles. The van der Waals surface area contributed by atoms with Crippen molar-refractivity contribution in [3.8, 4) is 11.4 Å². The highest BCUT2D eigenvalue weighted by Gasteiger charge is 2.50. The number of benzene rings is 1. The van der Waals surface area contributed by atoms with Gasteiger partial charge in [0.05, 0.1) is 12.2 Å². The van der Waals surface area contributed by atoms with Crippen LogP contribution in [0.5, 0.6) is 0 Å². The summed E-state index contributed by atoms with van der Waals surface area (Å²) < 4.78 is 32.8. The number of aromatic nitrogens is 2. The number of H-pyrrole nitrogens is 1. The Morgan fingerprint density at radius 1 is 1.17 bits per heavy atom. The fraction of sp³-hybridized carbons (Fsp3) is 0.583. The number of hydrogen-bond donors (Lipinski definition) is 1. The zero-order valence-corrected chi connectivity index (χ0v) is 17.3. The number of esters is 1. The number of aryl methyl sites for hydroxylation is 1. The molecule has 1 aromatic heterocycles. The molecule has 1 aromatic carbocycles. The van der Waals surface area contributed by atoms with Gasteiger partial charge in [-0.1, -0.05) is 0 Å². The first-order valence-corrected chi connectivity index (χ1v) is 11.2. The van der Waals surface area contributed by atoms with Gasteiger partial charge in [0.2, 0.25) is 0 Å². The average molecular weight is 414 g/mol. The lowest BCUT2D eigenvalue weighted by Crippen LogP contribution is -2.46. The third-order valence-corrected chi connectivity index (χ3v) is 7.50. The molecule has 2 aromatic rings. The molecule has 6 rings (SSSR count). The summed E-state index contributed by atoms with van der Waals surface area (Å²) in [6.07, 6.45) is 9.76. The topological polar surface area (TPSA) is 55.0 Å². The quantitative estimate of drug-likeness (QED) is 0.619. The van der Waals surface area contributed by atoms with E-state index in [9.17, 15) is 13.6 Å². The van der Waals surface area contributed by atoms with Gasteiger partial charge in [0.15, 0.2) is 5.69 Å². The first-order valence-electron chi connectivity index (χ1n) is 11.2. The van der Waals surface area contributed by atoms with Gasteiger partial charge in [-0.3, -0.25) is 0 Å². The van der Waals surface area contributed by atoms with Gasteiger partial charge in [-0.05, 0) is 93.6 Å². The number of nitrogens with zero attached hydrogens (tertiary/aromatic N) is 1. The van der Waals surface area contributed by atoms with Gasteiger partial charge >= 0.3 is 5.97 Å². The average Bonchev–Trinajstić information content (AvgIpc) is 3.10.